The Kier molecular flexibility index (Phi) is 4.45. The SMILES string of the molecule is CC(N(C)CCn1cc(C(=O)O)nn1)C(C)(C)C. The van der Waals surface area contributed by atoms with Crippen molar-refractivity contribution in [2.24, 2.45) is 5.41 Å². The van der Waals surface area contributed by atoms with Crippen LogP contribution < -0.4 is 0 Å². The largest absolute Gasteiger partial charge is 0.476 e. The van der Waals surface area contributed by atoms with Gasteiger partial charge in [0.05, 0.1) is 12.7 Å². The molecule has 1 rings (SSSR count). The zero-order valence-electron chi connectivity index (χ0n) is 11.7. The zero-order chi connectivity index (χ0) is 13.9. The fourth-order valence-electron chi connectivity index (χ4n) is 1.62. The molecule has 6 heteroatoms. The van der Waals surface area contributed by atoms with Crippen molar-refractivity contribution in [2.75, 3.05) is 13.6 Å². The highest BCUT2D eigenvalue weighted by Gasteiger charge is 2.23. The summed E-state index contributed by atoms with van der Waals surface area (Å²) in [7, 11) is 2.06. The third-order valence-corrected chi connectivity index (χ3v) is 3.35. The molecule has 1 atom stereocenters. The minimum Gasteiger partial charge on any atom is -0.476 e. The predicted molar refractivity (Wildman–Crippen MR) is 68.5 cm³/mol. The molecule has 1 aromatic rings. The summed E-state index contributed by atoms with van der Waals surface area (Å²) in [6.07, 6.45) is 1.46. The molecule has 102 valence electrons. The predicted octanol–water partition coefficient (Wildman–Crippen LogP) is 1.34. The lowest BCUT2D eigenvalue weighted by Gasteiger charge is -2.35. The van der Waals surface area contributed by atoms with Crippen LogP contribution in [0.25, 0.3) is 0 Å². The van der Waals surface area contributed by atoms with Crippen LogP contribution in [0.3, 0.4) is 0 Å². The maximum atomic E-state index is 10.7. The molecule has 0 aliphatic rings. The molecule has 1 N–H and O–H groups in total. The van der Waals surface area contributed by atoms with Crippen LogP contribution in [0.5, 0.6) is 0 Å². The molecule has 0 aromatic carbocycles. The molecule has 0 aliphatic heterocycles. The summed E-state index contributed by atoms with van der Waals surface area (Å²) in [5.41, 5.74) is 0.199. The van der Waals surface area contributed by atoms with Crippen LogP contribution in [-0.2, 0) is 6.54 Å². The molecule has 0 aliphatic carbocycles. The average Bonchev–Trinajstić information content (AvgIpc) is 2.72. The Bertz CT molecular complexity index is 408. The number of aromatic nitrogens is 3. The summed E-state index contributed by atoms with van der Waals surface area (Å²) in [4.78, 5) is 12.9. The Labute approximate surface area is 108 Å². The molecule has 0 fully saturated rings. The van der Waals surface area contributed by atoms with Gasteiger partial charge in [0.2, 0.25) is 0 Å². The average molecular weight is 254 g/mol. The van der Waals surface area contributed by atoms with E-state index in [0.29, 0.717) is 12.6 Å². The van der Waals surface area contributed by atoms with E-state index >= 15 is 0 Å². The summed E-state index contributed by atoms with van der Waals surface area (Å²) in [5, 5.41) is 16.1. The van der Waals surface area contributed by atoms with E-state index in [9.17, 15) is 4.79 Å². The number of hydrogen-bond acceptors (Lipinski definition) is 4. The third-order valence-electron chi connectivity index (χ3n) is 3.35. The molecule has 0 bridgehead atoms. The second kappa shape index (κ2) is 5.48. The maximum Gasteiger partial charge on any atom is 0.358 e. The number of hydrogen-bond donors (Lipinski definition) is 1. The van der Waals surface area contributed by atoms with Crippen molar-refractivity contribution in [2.45, 2.75) is 40.3 Å². The molecule has 0 radical (unpaired) electrons. The number of carboxylic acids is 1. The summed E-state index contributed by atoms with van der Waals surface area (Å²) in [5.74, 6) is -1.04. The van der Waals surface area contributed by atoms with Gasteiger partial charge in [0.15, 0.2) is 5.69 Å². The van der Waals surface area contributed by atoms with E-state index in [2.05, 4.69) is 50.0 Å². The van der Waals surface area contributed by atoms with E-state index in [0.717, 1.165) is 6.54 Å². The first-order chi connectivity index (χ1) is 8.21. The number of carboxylic acid groups (broad SMARTS) is 1. The highest BCUT2D eigenvalue weighted by Crippen LogP contribution is 2.22. The van der Waals surface area contributed by atoms with Gasteiger partial charge in [-0.1, -0.05) is 26.0 Å². The lowest BCUT2D eigenvalue weighted by molar-refractivity contribution is 0.0690. The van der Waals surface area contributed by atoms with Crippen molar-refractivity contribution in [3.05, 3.63) is 11.9 Å². The standard InChI is InChI=1S/C12H22N4O2/c1-9(12(2,3)4)15(5)6-7-16-8-10(11(17)18)13-14-16/h8-9H,6-7H2,1-5H3,(H,17,18). The van der Waals surface area contributed by atoms with Gasteiger partial charge >= 0.3 is 5.97 Å². The van der Waals surface area contributed by atoms with Crippen LogP contribution in [0, 0.1) is 5.41 Å². The van der Waals surface area contributed by atoms with E-state index < -0.39 is 5.97 Å². The second-order valence-corrected chi connectivity index (χ2v) is 5.69. The highest BCUT2D eigenvalue weighted by molar-refractivity contribution is 5.84. The van der Waals surface area contributed by atoms with Crippen molar-refractivity contribution in [1.82, 2.24) is 19.9 Å². The van der Waals surface area contributed by atoms with Gasteiger partial charge in [0, 0.05) is 12.6 Å². The topological polar surface area (TPSA) is 71.2 Å². The van der Waals surface area contributed by atoms with Crippen molar-refractivity contribution in [3.63, 3.8) is 0 Å². The lowest BCUT2D eigenvalue weighted by Crippen LogP contribution is -2.40. The van der Waals surface area contributed by atoms with Crippen LogP contribution in [0.1, 0.15) is 38.2 Å². The fourth-order valence-corrected chi connectivity index (χ4v) is 1.62. The van der Waals surface area contributed by atoms with Gasteiger partial charge in [-0.3, -0.25) is 4.68 Å². The van der Waals surface area contributed by atoms with Crippen LogP contribution in [0.4, 0.5) is 0 Å². The number of rotatable bonds is 5. The van der Waals surface area contributed by atoms with E-state index in [-0.39, 0.29) is 11.1 Å². The zero-order valence-corrected chi connectivity index (χ0v) is 11.7. The molecule has 0 spiro atoms. The monoisotopic (exact) mass is 254 g/mol. The molecule has 1 heterocycles. The van der Waals surface area contributed by atoms with E-state index in [1.165, 1.54) is 6.20 Å². The van der Waals surface area contributed by atoms with E-state index in [1.807, 2.05) is 0 Å². The van der Waals surface area contributed by atoms with Gasteiger partial charge in [0.25, 0.3) is 0 Å². The number of carbonyl (C=O) groups is 1. The van der Waals surface area contributed by atoms with Gasteiger partial charge in [-0.2, -0.15) is 0 Å². The van der Waals surface area contributed by atoms with Gasteiger partial charge in [-0.25, -0.2) is 4.79 Å². The fraction of sp³-hybridized carbons (Fsp3) is 0.750. The molecule has 0 amide bonds. The molecular formula is C12H22N4O2. The lowest BCUT2D eigenvalue weighted by atomic mass is 9.87. The summed E-state index contributed by atoms with van der Waals surface area (Å²) >= 11 is 0. The summed E-state index contributed by atoms with van der Waals surface area (Å²) in [6, 6.07) is 0.431. The molecule has 0 saturated heterocycles. The van der Waals surface area contributed by atoms with Crippen molar-refractivity contribution in [1.29, 1.82) is 0 Å². The Hall–Kier alpha value is -1.43. The van der Waals surface area contributed by atoms with Crippen LogP contribution in [0.15, 0.2) is 6.20 Å². The Morgan fingerprint density at radius 3 is 2.61 bits per heavy atom. The molecule has 1 aromatic heterocycles. The van der Waals surface area contributed by atoms with Crippen molar-refractivity contribution in [3.8, 4) is 0 Å². The van der Waals surface area contributed by atoms with Crippen LogP contribution in [0.2, 0.25) is 0 Å². The smallest absolute Gasteiger partial charge is 0.358 e. The number of aromatic carboxylic acids is 1. The van der Waals surface area contributed by atoms with Gasteiger partial charge in [-0.05, 0) is 19.4 Å². The first-order valence-corrected chi connectivity index (χ1v) is 6.05. The highest BCUT2D eigenvalue weighted by atomic mass is 16.4. The molecule has 18 heavy (non-hydrogen) atoms. The van der Waals surface area contributed by atoms with Crippen LogP contribution >= 0.6 is 0 Å². The van der Waals surface area contributed by atoms with Crippen molar-refractivity contribution < 1.29 is 9.90 Å². The summed E-state index contributed by atoms with van der Waals surface area (Å²) < 4.78 is 1.56. The minimum absolute atomic E-state index is 0.0125. The number of nitrogens with zero attached hydrogens (tertiary/aromatic N) is 4. The second-order valence-electron chi connectivity index (χ2n) is 5.69. The third kappa shape index (κ3) is 3.80. The first-order valence-electron chi connectivity index (χ1n) is 6.05. The van der Waals surface area contributed by atoms with Gasteiger partial charge in [-0.15, -0.1) is 5.10 Å². The van der Waals surface area contributed by atoms with Crippen molar-refractivity contribution >= 4 is 5.97 Å². The minimum atomic E-state index is -1.04. The number of likely N-dealkylation sites (N-methyl/N-ethyl adjacent to an activating group) is 1. The molecular weight excluding hydrogens is 232 g/mol. The van der Waals surface area contributed by atoms with Gasteiger partial charge < -0.3 is 10.0 Å². The van der Waals surface area contributed by atoms with E-state index in [4.69, 9.17) is 5.11 Å². The summed E-state index contributed by atoms with van der Waals surface area (Å²) in [6.45, 7) is 10.2. The molecule has 6 nitrogen and oxygen atoms in total. The normalized spacial score (nSPS) is 13.9. The maximum absolute atomic E-state index is 10.7. The van der Waals surface area contributed by atoms with Gasteiger partial charge in [0.1, 0.15) is 0 Å². The Morgan fingerprint density at radius 2 is 2.17 bits per heavy atom. The molecule has 0 saturated carbocycles. The Balaban J connectivity index is 2.52. The quantitative estimate of drug-likeness (QED) is 0.858. The van der Waals surface area contributed by atoms with Crippen LogP contribution in [-0.4, -0.2) is 50.6 Å². The Morgan fingerprint density at radius 1 is 1.56 bits per heavy atom. The van der Waals surface area contributed by atoms with E-state index in [1.54, 1.807) is 4.68 Å². The first kappa shape index (κ1) is 14.6. The molecule has 1 unspecified atom stereocenters.